The molecule has 2 amide bonds. The summed E-state index contributed by atoms with van der Waals surface area (Å²) >= 11 is 0. The normalized spacial score (nSPS) is 12.8. The highest BCUT2D eigenvalue weighted by atomic mass is 19.4. The summed E-state index contributed by atoms with van der Waals surface area (Å²) in [6.45, 7) is 1.31. The molecule has 0 radical (unpaired) electrons. The lowest BCUT2D eigenvalue weighted by Crippen LogP contribution is -2.31. The van der Waals surface area contributed by atoms with Gasteiger partial charge in [0.15, 0.2) is 5.82 Å². The van der Waals surface area contributed by atoms with Crippen molar-refractivity contribution in [1.82, 2.24) is 35.5 Å². The standard InChI is InChI=1S/C18H14F6N8O2/c1-8(13-29-12(15(34)30-25)31-32(13)16-26-3-2-4-27-16)28-14(33)9-5-10(17(19,20)21)7-11(6-9)18(22,23)24/h2-8H,25H2,1H3,(H,28,33)(H,30,34). The van der Waals surface area contributed by atoms with Gasteiger partial charge >= 0.3 is 18.3 Å². The van der Waals surface area contributed by atoms with Gasteiger partial charge in [0, 0.05) is 18.0 Å². The number of rotatable bonds is 5. The Morgan fingerprint density at radius 3 is 2.03 bits per heavy atom. The molecule has 2 heterocycles. The third-order valence-electron chi connectivity index (χ3n) is 4.29. The van der Waals surface area contributed by atoms with Gasteiger partial charge in [-0.25, -0.2) is 20.8 Å². The average Bonchev–Trinajstić information content (AvgIpc) is 3.23. The van der Waals surface area contributed by atoms with E-state index in [9.17, 15) is 35.9 Å². The fraction of sp³-hybridized carbons (Fsp3) is 0.222. The van der Waals surface area contributed by atoms with Gasteiger partial charge < -0.3 is 5.32 Å². The van der Waals surface area contributed by atoms with Gasteiger partial charge in [0.25, 0.3) is 11.9 Å². The molecule has 180 valence electrons. The van der Waals surface area contributed by atoms with Crippen LogP contribution in [0, 0.1) is 0 Å². The minimum absolute atomic E-state index is 0.0828. The Morgan fingerprint density at radius 2 is 1.53 bits per heavy atom. The van der Waals surface area contributed by atoms with Crippen molar-refractivity contribution in [3.8, 4) is 5.95 Å². The van der Waals surface area contributed by atoms with E-state index in [1.165, 1.54) is 25.4 Å². The molecule has 16 heteroatoms. The number of hydrazine groups is 1. The summed E-state index contributed by atoms with van der Waals surface area (Å²) < 4.78 is 79.5. The van der Waals surface area contributed by atoms with Gasteiger partial charge in [-0.1, -0.05) is 0 Å². The molecule has 1 unspecified atom stereocenters. The maximum absolute atomic E-state index is 13.1. The largest absolute Gasteiger partial charge is 0.416 e. The van der Waals surface area contributed by atoms with Crippen LogP contribution in [0.3, 0.4) is 0 Å². The molecular weight excluding hydrogens is 474 g/mol. The summed E-state index contributed by atoms with van der Waals surface area (Å²) in [5.74, 6) is 2.19. The van der Waals surface area contributed by atoms with E-state index in [0.29, 0.717) is 0 Å². The van der Waals surface area contributed by atoms with Crippen molar-refractivity contribution in [2.24, 2.45) is 5.84 Å². The first-order valence-corrected chi connectivity index (χ1v) is 9.17. The second-order valence-electron chi connectivity index (χ2n) is 6.72. The van der Waals surface area contributed by atoms with Gasteiger partial charge in [0.05, 0.1) is 17.2 Å². The number of amides is 2. The van der Waals surface area contributed by atoms with E-state index in [0.717, 1.165) is 4.68 Å². The zero-order chi connectivity index (χ0) is 25.3. The molecule has 4 N–H and O–H groups in total. The minimum Gasteiger partial charge on any atom is -0.342 e. The van der Waals surface area contributed by atoms with Crippen molar-refractivity contribution >= 4 is 11.8 Å². The second-order valence-corrected chi connectivity index (χ2v) is 6.72. The van der Waals surface area contributed by atoms with Gasteiger partial charge in [0.2, 0.25) is 5.82 Å². The van der Waals surface area contributed by atoms with Crippen molar-refractivity contribution in [2.75, 3.05) is 0 Å². The lowest BCUT2D eigenvalue weighted by atomic mass is 10.0. The van der Waals surface area contributed by atoms with Crippen LogP contribution in [-0.4, -0.2) is 36.5 Å². The van der Waals surface area contributed by atoms with Gasteiger partial charge in [-0.05, 0) is 31.2 Å². The quantitative estimate of drug-likeness (QED) is 0.216. The summed E-state index contributed by atoms with van der Waals surface area (Å²) in [5, 5.41) is 6.12. The summed E-state index contributed by atoms with van der Waals surface area (Å²) in [7, 11) is 0. The van der Waals surface area contributed by atoms with Crippen LogP contribution in [0.25, 0.3) is 5.95 Å². The molecule has 0 spiro atoms. The molecule has 1 atom stereocenters. The lowest BCUT2D eigenvalue weighted by molar-refractivity contribution is -0.143. The zero-order valence-corrected chi connectivity index (χ0v) is 16.9. The van der Waals surface area contributed by atoms with E-state index in [4.69, 9.17) is 5.84 Å². The number of nitrogen functional groups attached to an aromatic ring is 1. The van der Waals surface area contributed by atoms with E-state index in [1.54, 1.807) is 5.43 Å². The Bertz CT molecular complexity index is 1180. The fourth-order valence-electron chi connectivity index (χ4n) is 2.74. The van der Waals surface area contributed by atoms with Crippen LogP contribution in [-0.2, 0) is 12.4 Å². The molecule has 3 rings (SSSR count). The first kappa shape index (κ1) is 24.6. The van der Waals surface area contributed by atoms with Crippen molar-refractivity contribution in [3.05, 3.63) is 65.0 Å². The Morgan fingerprint density at radius 1 is 0.971 bits per heavy atom. The van der Waals surface area contributed by atoms with Crippen LogP contribution in [0.2, 0.25) is 0 Å². The Labute approximate surface area is 186 Å². The number of nitrogens with one attached hydrogen (secondary N) is 2. The summed E-state index contributed by atoms with van der Waals surface area (Å²) in [4.78, 5) is 36.2. The van der Waals surface area contributed by atoms with Gasteiger partial charge in [-0.2, -0.15) is 31.0 Å². The monoisotopic (exact) mass is 488 g/mol. The molecule has 1 aromatic carbocycles. The maximum Gasteiger partial charge on any atom is 0.416 e. The van der Waals surface area contributed by atoms with E-state index < -0.39 is 52.7 Å². The topological polar surface area (TPSA) is 141 Å². The molecule has 10 nitrogen and oxygen atoms in total. The molecule has 2 aromatic heterocycles. The first-order valence-electron chi connectivity index (χ1n) is 9.17. The van der Waals surface area contributed by atoms with Crippen LogP contribution in [0.1, 0.15) is 50.9 Å². The number of benzene rings is 1. The highest BCUT2D eigenvalue weighted by molar-refractivity contribution is 5.95. The maximum atomic E-state index is 13.1. The number of nitrogens with two attached hydrogens (primary N) is 1. The zero-order valence-electron chi connectivity index (χ0n) is 16.9. The van der Waals surface area contributed by atoms with E-state index in [2.05, 4.69) is 25.4 Å². The van der Waals surface area contributed by atoms with Crippen molar-refractivity contribution in [2.45, 2.75) is 25.3 Å². The molecule has 0 aliphatic heterocycles. The third kappa shape index (κ3) is 5.28. The highest BCUT2D eigenvalue weighted by Gasteiger charge is 2.37. The number of carbonyl (C=O) groups excluding carboxylic acids is 2. The van der Waals surface area contributed by atoms with Crippen molar-refractivity contribution in [1.29, 1.82) is 0 Å². The predicted octanol–water partition coefficient (Wildman–Crippen LogP) is 2.19. The molecule has 0 saturated heterocycles. The summed E-state index contributed by atoms with van der Waals surface area (Å²) in [6.07, 6.45) is -7.59. The fourth-order valence-corrected chi connectivity index (χ4v) is 2.74. The minimum atomic E-state index is -5.13. The SMILES string of the molecule is CC(NC(=O)c1cc(C(F)(F)F)cc(C(F)(F)F)c1)c1nc(C(=O)NN)nn1-c1ncccn1. The number of halogens is 6. The molecule has 0 saturated carbocycles. The first-order chi connectivity index (χ1) is 15.8. The molecule has 0 aliphatic carbocycles. The number of hydrogen-bond acceptors (Lipinski definition) is 7. The van der Waals surface area contributed by atoms with Crippen LogP contribution in [0.5, 0.6) is 0 Å². The smallest absolute Gasteiger partial charge is 0.342 e. The third-order valence-corrected chi connectivity index (χ3v) is 4.29. The molecule has 0 fully saturated rings. The molecular formula is C18H14F6N8O2. The van der Waals surface area contributed by atoms with E-state index >= 15 is 0 Å². The van der Waals surface area contributed by atoms with Crippen LogP contribution in [0.15, 0.2) is 36.7 Å². The molecule has 3 aromatic rings. The number of alkyl halides is 6. The van der Waals surface area contributed by atoms with Crippen LogP contribution < -0.4 is 16.6 Å². The Hall–Kier alpha value is -4.08. The molecule has 34 heavy (non-hydrogen) atoms. The van der Waals surface area contributed by atoms with Crippen molar-refractivity contribution < 1.29 is 35.9 Å². The van der Waals surface area contributed by atoms with Crippen LogP contribution in [0.4, 0.5) is 26.3 Å². The molecule has 0 aliphatic rings. The van der Waals surface area contributed by atoms with E-state index in [1.807, 2.05) is 0 Å². The molecule has 0 bridgehead atoms. The van der Waals surface area contributed by atoms with Crippen molar-refractivity contribution in [3.63, 3.8) is 0 Å². The van der Waals surface area contributed by atoms with E-state index in [-0.39, 0.29) is 30.0 Å². The highest BCUT2D eigenvalue weighted by Crippen LogP contribution is 2.36. The van der Waals surface area contributed by atoms with Gasteiger partial charge in [0.1, 0.15) is 0 Å². The number of hydrogen-bond donors (Lipinski definition) is 3. The van der Waals surface area contributed by atoms with Gasteiger partial charge in [-0.15, -0.1) is 5.10 Å². The average molecular weight is 488 g/mol. The number of nitrogens with zero attached hydrogens (tertiary/aromatic N) is 5. The number of carbonyl (C=O) groups is 2. The second kappa shape index (κ2) is 9.05. The predicted molar refractivity (Wildman–Crippen MR) is 101 cm³/mol. The van der Waals surface area contributed by atoms with Crippen LogP contribution >= 0.6 is 0 Å². The van der Waals surface area contributed by atoms with Gasteiger partial charge in [-0.3, -0.25) is 15.0 Å². The lowest BCUT2D eigenvalue weighted by Gasteiger charge is -2.16. The Kier molecular flexibility index (Phi) is 6.53. The number of aromatic nitrogens is 5. The Balaban J connectivity index is 1.99. The summed E-state index contributed by atoms with van der Waals surface area (Å²) in [6, 6.07) is 0.782. The summed E-state index contributed by atoms with van der Waals surface area (Å²) in [5.41, 5.74) is -2.39.